The van der Waals surface area contributed by atoms with E-state index in [-0.39, 0.29) is 5.54 Å². The molecule has 1 aliphatic carbocycles. The quantitative estimate of drug-likeness (QED) is 0.861. The average Bonchev–Trinajstić information content (AvgIpc) is 2.79. The van der Waals surface area contributed by atoms with E-state index in [1.807, 2.05) is 11.3 Å². The number of rotatable bonds is 6. The highest BCUT2D eigenvalue weighted by Gasteiger charge is 2.48. The first-order chi connectivity index (χ1) is 8.61. The molecule has 4 heteroatoms. The molecule has 1 heterocycles. The molecular weight excluding hydrogens is 244 g/mol. The smallest absolute Gasteiger partial charge is 0.0607 e. The van der Waals surface area contributed by atoms with Crippen LogP contribution >= 0.6 is 11.3 Å². The van der Waals surface area contributed by atoms with Crippen molar-refractivity contribution in [1.82, 2.24) is 4.90 Å². The van der Waals surface area contributed by atoms with Gasteiger partial charge in [-0.15, -0.1) is 11.3 Å². The molecule has 102 valence electrons. The van der Waals surface area contributed by atoms with Gasteiger partial charge in [-0.1, -0.05) is 6.07 Å². The van der Waals surface area contributed by atoms with Gasteiger partial charge in [0.05, 0.1) is 6.10 Å². The van der Waals surface area contributed by atoms with Crippen LogP contribution in [0.3, 0.4) is 0 Å². The lowest BCUT2D eigenvalue weighted by molar-refractivity contribution is -0.101. The van der Waals surface area contributed by atoms with E-state index in [0.29, 0.717) is 12.1 Å². The van der Waals surface area contributed by atoms with Gasteiger partial charge in [-0.25, -0.2) is 0 Å². The number of ether oxygens (including phenoxy) is 1. The molecule has 1 aliphatic rings. The predicted octanol–water partition coefficient (Wildman–Crippen LogP) is 2.46. The van der Waals surface area contributed by atoms with Crippen molar-refractivity contribution < 1.29 is 4.74 Å². The molecule has 0 atom stereocenters. The summed E-state index contributed by atoms with van der Waals surface area (Å²) in [5.41, 5.74) is 6.20. The fraction of sp³-hybridized carbons (Fsp3) is 0.714. The Kier molecular flexibility index (Phi) is 4.43. The van der Waals surface area contributed by atoms with Crippen LogP contribution in [0.15, 0.2) is 17.5 Å². The minimum atomic E-state index is 0.138. The normalized spacial score (nSPS) is 27.8. The highest BCUT2D eigenvalue weighted by molar-refractivity contribution is 7.09. The van der Waals surface area contributed by atoms with Crippen molar-refractivity contribution in [1.29, 1.82) is 0 Å². The number of methoxy groups -OCH3 is 1. The first-order valence-corrected chi connectivity index (χ1v) is 7.51. The number of nitrogens with two attached hydrogens (primary N) is 1. The molecule has 0 aliphatic heterocycles. The maximum atomic E-state index is 6.06. The van der Waals surface area contributed by atoms with Gasteiger partial charge in [0.2, 0.25) is 0 Å². The number of thiophene rings is 1. The molecule has 0 spiro atoms. The van der Waals surface area contributed by atoms with E-state index in [0.717, 1.165) is 25.9 Å². The second-order valence-electron chi connectivity index (χ2n) is 5.50. The molecule has 18 heavy (non-hydrogen) atoms. The zero-order valence-electron chi connectivity index (χ0n) is 11.6. The molecule has 1 saturated carbocycles. The maximum Gasteiger partial charge on any atom is 0.0607 e. The summed E-state index contributed by atoms with van der Waals surface area (Å²) in [4.78, 5) is 3.96. The second-order valence-corrected chi connectivity index (χ2v) is 6.53. The van der Waals surface area contributed by atoms with Crippen LogP contribution in [0.1, 0.15) is 31.6 Å². The van der Waals surface area contributed by atoms with Crippen molar-refractivity contribution in [3.05, 3.63) is 22.4 Å². The predicted molar refractivity (Wildman–Crippen MR) is 76.8 cm³/mol. The molecule has 0 amide bonds. The Bertz CT molecular complexity index is 358. The van der Waals surface area contributed by atoms with Crippen molar-refractivity contribution >= 4 is 11.3 Å². The summed E-state index contributed by atoms with van der Waals surface area (Å²) in [6.07, 6.45) is 2.51. The van der Waals surface area contributed by atoms with Crippen LogP contribution < -0.4 is 5.73 Å². The van der Waals surface area contributed by atoms with Gasteiger partial charge < -0.3 is 10.5 Å². The Morgan fingerprint density at radius 2 is 2.28 bits per heavy atom. The first kappa shape index (κ1) is 14.0. The lowest BCUT2D eigenvalue weighted by atomic mass is 9.72. The van der Waals surface area contributed by atoms with E-state index in [1.54, 1.807) is 7.11 Å². The SMILES string of the molecule is COC1CC(CN)(N(Cc2cccs2)C(C)C)C1. The van der Waals surface area contributed by atoms with E-state index in [9.17, 15) is 0 Å². The Labute approximate surface area is 114 Å². The lowest BCUT2D eigenvalue weighted by Crippen LogP contribution is -2.65. The van der Waals surface area contributed by atoms with Crippen molar-refractivity contribution in [2.75, 3.05) is 13.7 Å². The Morgan fingerprint density at radius 1 is 1.56 bits per heavy atom. The van der Waals surface area contributed by atoms with Gasteiger partial charge in [-0.05, 0) is 38.1 Å². The van der Waals surface area contributed by atoms with Gasteiger partial charge in [0.1, 0.15) is 0 Å². The van der Waals surface area contributed by atoms with Gasteiger partial charge in [0.25, 0.3) is 0 Å². The summed E-state index contributed by atoms with van der Waals surface area (Å²) < 4.78 is 5.43. The molecule has 0 aromatic carbocycles. The third kappa shape index (κ3) is 2.62. The summed E-state index contributed by atoms with van der Waals surface area (Å²) in [6, 6.07) is 4.83. The molecule has 0 bridgehead atoms. The van der Waals surface area contributed by atoms with E-state index in [1.165, 1.54) is 4.88 Å². The summed E-state index contributed by atoms with van der Waals surface area (Å²) >= 11 is 1.82. The van der Waals surface area contributed by atoms with Crippen molar-refractivity contribution in [3.8, 4) is 0 Å². The summed E-state index contributed by atoms with van der Waals surface area (Å²) in [7, 11) is 1.80. The molecule has 2 N–H and O–H groups in total. The largest absolute Gasteiger partial charge is 0.381 e. The third-order valence-electron chi connectivity index (χ3n) is 4.07. The maximum absolute atomic E-state index is 6.06. The molecular formula is C14H24N2OS. The van der Waals surface area contributed by atoms with Gasteiger partial charge >= 0.3 is 0 Å². The number of nitrogens with zero attached hydrogens (tertiary/aromatic N) is 1. The fourth-order valence-electron chi connectivity index (χ4n) is 2.94. The molecule has 0 unspecified atom stereocenters. The third-order valence-corrected chi connectivity index (χ3v) is 4.93. The van der Waals surface area contributed by atoms with Crippen LogP contribution in [0.5, 0.6) is 0 Å². The standard InChI is InChI=1S/C14H24N2OS/c1-11(2)16(9-13-5-4-6-18-13)14(10-15)7-12(8-14)17-3/h4-6,11-12H,7-10,15H2,1-3H3. The van der Waals surface area contributed by atoms with Gasteiger partial charge in [0, 0.05) is 36.7 Å². The van der Waals surface area contributed by atoms with E-state index >= 15 is 0 Å². The summed E-state index contributed by atoms with van der Waals surface area (Å²) in [6.45, 7) is 6.23. The molecule has 1 fully saturated rings. The molecule has 1 aromatic rings. The minimum Gasteiger partial charge on any atom is -0.381 e. The lowest BCUT2D eigenvalue weighted by Gasteiger charge is -2.55. The first-order valence-electron chi connectivity index (χ1n) is 6.63. The highest BCUT2D eigenvalue weighted by Crippen LogP contribution is 2.41. The van der Waals surface area contributed by atoms with Gasteiger partial charge in [-0.3, -0.25) is 4.90 Å². The van der Waals surface area contributed by atoms with Crippen LogP contribution in [-0.2, 0) is 11.3 Å². The van der Waals surface area contributed by atoms with E-state index in [2.05, 4.69) is 36.3 Å². The Hall–Kier alpha value is -0.420. The van der Waals surface area contributed by atoms with E-state index < -0.39 is 0 Å². The molecule has 3 nitrogen and oxygen atoms in total. The molecule has 0 radical (unpaired) electrons. The summed E-state index contributed by atoms with van der Waals surface area (Å²) in [5, 5.41) is 2.14. The summed E-state index contributed by atoms with van der Waals surface area (Å²) in [5.74, 6) is 0. The van der Waals surface area contributed by atoms with Crippen LogP contribution in [0.25, 0.3) is 0 Å². The molecule has 2 rings (SSSR count). The number of hydrogen-bond acceptors (Lipinski definition) is 4. The van der Waals surface area contributed by atoms with Crippen LogP contribution in [-0.4, -0.2) is 36.2 Å². The van der Waals surface area contributed by atoms with E-state index in [4.69, 9.17) is 10.5 Å². The Morgan fingerprint density at radius 3 is 2.72 bits per heavy atom. The Balaban J connectivity index is 2.09. The van der Waals surface area contributed by atoms with Gasteiger partial charge in [0.15, 0.2) is 0 Å². The van der Waals surface area contributed by atoms with Crippen LogP contribution in [0.2, 0.25) is 0 Å². The van der Waals surface area contributed by atoms with Crippen molar-refractivity contribution in [3.63, 3.8) is 0 Å². The zero-order chi connectivity index (χ0) is 13.2. The zero-order valence-corrected chi connectivity index (χ0v) is 12.4. The molecule has 0 saturated heterocycles. The topological polar surface area (TPSA) is 38.5 Å². The minimum absolute atomic E-state index is 0.138. The molecule has 1 aromatic heterocycles. The van der Waals surface area contributed by atoms with Crippen molar-refractivity contribution in [2.45, 2.75) is 50.9 Å². The monoisotopic (exact) mass is 268 g/mol. The second kappa shape index (κ2) is 5.70. The van der Waals surface area contributed by atoms with Crippen LogP contribution in [0, 0.1) is 0 Å². The fourth-order valence-corrected chi connectivity index (χ4v) is 3.64. The van der Waals surface area contributed by atoms with Gasteiger partial charge in [-0.2, -0.15) is 0 Å². The highest BCUT2D eigenvalue weighted by atomic mass is 32.1. The van der Waals surface area contributed by atoms with Crippen molar-refractivity contribution in [2.24, 2.45) is 5.73 Å². The average molecular weight is 268 g/mol. The van der Waals surface area contributed by atoms with Crippen LogP contribution in [0.4, 0.5) is 0 Å². The number of hydrogen-bond donors (Lipinski definition) is 1.